The van der Waals surface area contributed by atoms with Gasteiger partial charge in [0.05, 0.1) is 28.7 Å². The van der Waals surface area contributed by atoms with E-state index in [1.165, 1.54) is 0 Å². The highest BCUT2D eigenvalue weighted by molar-refractivity contribution is 5.95. The van der Waals surface area contributed by atoms with Gasteiger partial charge in [-0.15, -0.1) is 0 Å². The number of nitro groups is 1. The van der Waals surface area contributed by atoms with E-state index >= 15 is 0 Å². The Morgan fingerprint density at radius 2 is 2.05 bits per heavy atom. The van der Waals surface area contributed by atoms with E-state index in [-0.39, 0.29) is 6.61 Å². The van der Waals surface area contributed by atoms with Crippen LogP contribution >= 0.6 is 0 Å². The van der Waals surface area contributed by atoms with Crippen LogP contribution in [0.15, 0.2) is 12.1 Å². The maximum atomic E-state index is 13.6. The number of amides is 1. The minimum absolute atomic E-state index is 0.296. The van der Waals surface area contributed by atoms with Crippen molar-refractivity contribution in [2.24, 2.45) is 0 Å². The van der Waals surface area contributed by atoms with Gasteiger partial charge in [0.25, 0.3) is 5.91 Å². The highest BCUT2D eigenvalue weighted by Gasteiger charge is 2.38. The van der Waals surface area contributed by atoms with Crippen LogP contribution in [0.3, 0.4) is 0 Å². The molecule has 0 bridgehead atoms. The van der Waals surface area contributed by atoms with Crippen LogP contribution in [0, 0.1) is 21.7 Å². The SMILES string of the molecule is O=C(NC1(CO)CCC1)c1cc(F)c([N+](=O)[O-])cc1F. The number of hydrogen-bond donors (Lipinski definition) is 2. The minimum atomic E-state index is -1.28. The maximum absolute atomic E-state index is 13.6. The van der Waals surface area contributed by atoms with Crippen molar-refractivity contribution in [2.45, 2.75) is 24.8 Å². The molecule has 8 heteroatoms. The summed E-state index contributed by atoms with van der Waals surface area (Å²) in [6, 6.07) is 0.864. The molecule has 6 nitrogen and oxygen atoms in total. The normalized spacial score (nSPS) is 16.4. The largest absolute Gasteiger partial charge is 0.394 e. The third kappa shape index (κ3) is 2.46. The molecule has 1 aliphatic carbocycles. The number of benzene rings is 1. The van der Waals surface area contributed by atoms with Crippen molar-refractivity contribution in [3.8, 4) is 0 Å². The predicted molar refractivity (Wildman–Crippen MR) is 64.1 cm³/mol. The number of nitrogens with zero attached hydrogens (tertiary/aromatic N) is 1. The van der Waals surface area contributed by atoms with Crippen molar-refractivity contribution in [3.63, 3.8) is 0 Å². The zero-order chi connectivity index (χ0) is 14.9. The van der Waals surface area contributed by atoms with E-state index in [0.717, 1.165) is 6.42 Å². The molecule has 0 saturated heterocycles. The Balaban J connectivity index is 2.26. The molecule has 1 amide bonds. The molecule has 2 rings (SSSR count). The van der Waals surface area contributed by atoms with E-state index in [0.29, 0.717) is 25.0 Å². The summed E-state index contributed by atoms with van der Waals surface area (Å²) in [5.41, 5.74) is -2.45. The Morgan fingerprint density at radius 3 is 2.50 bits per heavy atom. The molecule has 2 N–H and O–H groups in total. The van der Waals surface area contributed by atoms with E-state index in [1.54, 1.807) is 0 Å². The van der Waals surface area contributed by atoms with Gasteiger partial charge in [-0.1, -0.05) is 0 Å². The lowest BCUT2D eigenvalue weighted by atomic mass is 9.77. The van der Waals surface area contributed by atoms with Gasteiger partial charge in [0, 0.05) is 0 Å². The summed E-state index contributed by atoms with van der Waals surface area (Å²) in [5, 5.41) is 22.1. The van der Waals surface area contributed by atoms with Gasteiger partial charge < -0.3 is 10.4 Å². The topological polar surface area (TPSA) is 92.5 Å². The third-order valence-corrected chi connectivity index (χ3v) is 3.47. The summed E-state index contributed by atoms with van der Waals surface area (Å²) in [6.07, 6.45) is 1.91. The van der Waals surface area contributed by atoms with E-state index in [2.05, 4.69) is 5.32 Å². The van der Waals surface area contributed by atoms with Crippen LogP contribution in [0.1, 0.15) is 29.6 Å². The minimum Gasteiger partial charge on any atom is -0.394 e. The van der Waals surface area contributed by atoms with Crippen LogP contribution < -0.4 is 5.32 Å². The van der Waals surface area contributed by atoms with E-state index in [9.17, 15) is 28.8 Å². The van der Waals surface area contributed by atoms with E-state index in [1.807, 2.05) is 0 Å². The first-order valence-corrected chi connectivity index (χ1v) is 5.95. The van der Waals surface area contributed by atoms with E-state index in [4.69, 9.17) is 0 Å². The molecule has 0 unspecified atom stereocenters. The summed E-state index contributed by atoms with van der Waals surface area (Å²) in [4.78, 5) is 21.3. The van der Waals surface area contributed by atoms with Crippen molar-refractivity contribution in [1.29, 1.82) is 0 Å². The van der Waals surface area contributed by atoms with Gasteiger partial charge in [-0.25, -0.2) is 4.39 Å². The molecule has 0 radical (unpaired) electrons. The Morgan fingerprint density at radius 1 is 1.40 bits per heavy atom. The van der Waals surface area contributed by atoms with Gasteiger partial charge in [0.2, 0.25) is 5.82 Å². The standard InChI is InChI=1S/C12H12F2N2O4/c13-8-5-10(16(19)20)9(14)4-7(8)11(18)15-12(6-17)2-1-3-12/h4-5,17H,1-3,6H2,(H,15,18). The van der Waals surface area contributed by atoms with Gasteiger partial charge in [0.1, 0.15) is 5.82 Å². The summed E-state index contributed by atoms with van der Waals surface area (Å²) >= 11 is 0. The molecule has 1 aromatic carbocycles. The molecule has 1 aliphatic rings. The van der Waals surface area contributed by atoms with Crippen LogP contribution in [0.5, 0.6) is 0 Å². The number of aliphatic hydroxyl groups is 1. The average Bonchev–Trinajstić information content (AvgIpc) is 2.35. The summed E-state index contributed by atoms with van der Waals surface area (Å²) in [7, 11) is 0. The smallest absolute Gasteiger partial charge is 0.307 e. The lowest BCUT2D eigenvalue weighted by molar-refractivity contribution is -0.387. The molecule has 1 fully saturated rings. The number of aliphatic hydroxyl groups excluding tert-OH is 1. The van der Waals surface area contributed by atoms with E-state index < -0.39 is 39.3 Å². The fraction of sp³-hybridized carbons (Fsp3) is 0.417. The predicted octanol–water partition coefficient (Wildman–Crippen LogP) is 1.52. The molecule has 1 aromatic rings. The lowest BCUT2D eigenvalue weighted by Gasteiger charge is -2.40. The van der Waals surface area contributed by atoms with Gasteiger partial charge in [-0.2, -0.15) is 4.39 Å². The number of hydrogen-bond acceptors (Lipinski definition) is 4. The highest BCUT2D eigenvalue weighted by atomic mass is 19.1. The van der Waals surface area contributed by atoms with Gasteiger partial charge in [-0.3, -0.25) is 14.9 Å². The maximum Gasteiger partial charge on any atom is 0.307 e. The quantitative estimate of drug-likeness (QED) is 0.648. The first-order valence-electron chi connectivity index (χ1n) is 5.95. The number of carbonyl (C=O) groups excluding carboxylic acids is 1. The van der Waals surface area contributed by atoms with Gasteiger partial charge >= 0.3 is 5.69 Å². The highest BCUT2D eigenvalue weighted by Crippen LogP contribution is 2.32. The molecule has 0 heterocycles. The first kappa shape index (κ1) is 14.3. The number of rotatable bonds is 4. The van der Waals surface area contributed by atoms with Crippen LogP contribution in [0.2, 0.25) is 0 Å². The molecule has 1 saturated carbocycles. The van der Waals surface area contributed by atoms with Crippen LogP contribution in [0.4, 0.5) is 14.5 Å². The van der Waals surface area contributed by atoms with Crippen LogP contribution in [-0.4, -0.2) is 28.1 Å². The first-order chi connectivity index (χ1) is 9.38. The molecular formula is C12H12F2N2O4. The molecule has 20 heavy (non-hydrogen) atoms. The Hall–Kier alpha value is -2.09. The van der Waals surface area contributed by atoms with Crippen molar-refractivity contribution in [1.82, 2.24) is 5.32 Å². The number of halogens is 2. The molecule has 108 valence electrons. The van der Waals surface area contributed by atoms with Gasteiger partial charge in [-0.05, 0) is 25.3 Å². The average molecular weight is 286 g/mol. The van der Waals surface area contributed by atoms with Crippen molar-refractivity contribution in [3.05, 3.63) is 39.4 Å². The summed E-state index contributed by atoms with van der Waals surface area (Å²) < 4.78 is 27.1. The number of nitrogens with one attached hydrogen (secondary N) is 1. The number of nitro benzene ring substituents is 1. The van der Waals surface area contributed by atoms with Crippen molar-refractivity contribution < 1.29 is 23.6 Å². The fourth-order valence-corrected chi connectivity index (χ4v) is 2.08. The molecule has 0 aromatic heterocycles. The Bertz CT molecular complexity index is 567. The number of carbonyl (C=O) groups is 1. The second-order valence-electron chi connectivity index (χ2n) is 4.79. The molecule has 0 atom stereocenters. The van der Waals surface area contributed by atoms with Crippen LogP contribution in [-0.2, 0) is 0 Å². The van der Waals surface area contributed by atoms with Crippen molar-refractivity contribution >= 4 is 11.6 Å². The Kier molecular flexibility index (Phi) is 3.67. The zero-order valence-corrected chi connectivity index (χ0v) is 10.4. The molecular weight excluding hydrogens is 274 g/mol. The third-order valence-electron chi connectivity index (χ3n) is 3.47. The van der Waals surface area contributed by atoms with Gasteiger partial charge in [0.15, 0.2) is 0 Å². The molecule has 0 aliphatic heterocycles. The lowest BCUT2D eigenvalue weighted by Crippen LogP contribution is -2.56. The Labute approximate surface area is 112 Å². The zero-order valence-electron chi connectivity index (χ0n) is 10.4. The monoisotopic (exact) mass is 286 g/mol. The van der Waals surface area contributed by atoms with Crippen LogP contribution in [0.25, 0.3) is 0 Å². The summed E-state index contributed by atoms with van der Waals surface area (Å²) in [5.74, 6) is -3.36. The fourth-order valence-electron chi connectivity index (χ4n) is 2.08. The van der Waals surface area contributed by atoms with Crippen molar-refractivity contribution in [2.75, 3.05) is 6.61 Å². The summed E-state index contributed by atoms with van der Waals surface area (Å²) in [6.45, 7) is -0.296. The second kappa shape index (κ2) is 5.12. The second-order valence-corrected chi connectivity index (χ2v) is 4.79. The molecule has 0 spiro atoms.